The minimum atomic E-state index is -0.0464. The molecule has 1 unspecified atom stereocenters. The van der Waals surface area contributed by atoms with E-state index in [1.165, 1.54) is 10.2 Å². The third-order valence-corrected chi connectivity index (χ3v) is 3.14. The highest BCUT2D eigenvalue weighted by atomic mass is 16.5. The van der Waals surface area contributed by atoms with Gasteiger partial charge in [0.15, 0.2) is 0 Å². The fourth-order valence-electron chi connectivity index (χ4n) is 2.43. The molecule has 6 nitrogen and oxygen atoms in total. The number of rotatable bonds is 1. The van der Waals surface area contributed by atoms with E-state index in [1.54, 1.807) is 0 Å². The Morgan fingerprint density at radius 3 is 3.19 bits per heavy atom. The fourth-order valence-corrected chi connectivity index (χ4v) is 2.43. The van der Waals surface area contributed by atoms with Crippen molar-refractivity contribution in [3.8, 4) is 0 Å². The van der Waals surface area contributed by atoms with Crippen molar-refractivity contribution in [2.45, 2.75) is 25.4 Å². The van der Waals surface area contributed by atoms with Crippen molar-refractivity contribution in [3.63, 3.8) is 0 Å². The summed E-state index contributed by atoms with van der Waals surface area (Å²) in [5, 5.41) is 15.1. The summed E-state index contributed by atoms with van der Waals surface area (Å²) in [6.07, 6.45) is 3.13. The van der Waals surface area contributed by atoms with Crippen LogP contribution in [0.25, 0.3) is 0 Å². The molecular formula is C10H15N5O. The predicted octanol–water partition coefficient (Wildman–Crippen LogP) is 0.444. The maximum absolute atomic E-state index is 7.49. The number of anilines is 1. The van der Waals surface area contributed by atoms with Crippen LogP contribution in [0, 0.1) is 5.41 Å². The minimum absolute atomic E-state index is 0.0464. The number of nitrogens with two attached hydrogens (primary N) is 1. The van der Waals surface area contributed by atoms with E-state index in [2.05, 4.69) is 10.4 Å². The van der Waals surface area contributed by atoms with Gasteiger partial charge in [0.25, 0.3) is 0 Å². The van der Waals surface area contributed by atoms with Gasteiger partial charge < -0.3 is 15.8 Å². The van der Waals surface area contributed by atoms with E-state index in [0.717, 1.165) is 43.9 Å². The molecule has 0 spiro atoms. The molecule has 2 aliphatic rings. The van der Waals surface area contributed by atoms with Crippen molar-refractivity contribution in [2.24, 2.45) is 5.73 Å². The van der Waals surface area contributed by atoms with Crippen molar-refractivity contribution in [3.05, 3.63) is 11.3 Å². The molecule has 0 aliphatic carbocycles. The van der Waals surface area contributed by atoms with Crippen LogP contribution in [-0.4, -0.2) is 28.9 Å². The lowest BCUT2D eigenvalue weighted by Gasteiger charge is -2.07. The molecule has 0 aromatic carbocycles. The molecule has 1 saturated heterocycles. The number of ether oxygens (including phenoxy) is 1. The Kier molecular flexibility index (Phi) is 2.10. The molecule has 0 radical (unpaired) electrons. The van der Waals surface area contributed by atoms with Crippen molar-refractivity contribution in [1.29, 1.82) is 5.41 Å². The topological polar surface area (TPSA) is 89.0 Å². The Morgan fingerprint density at radius 2 is 2.50 bits per heavy atom. The van der Waals surface area contributed by atoms with Crippen LogP contribution >= 0.6 is 0 Å². The molecule has 0 bridgehead atoms. The molecule has 0 amide bonds. The number of hydrogen-bond acceptors (Lipinski definition) is 4. The third-order valence-electron chi connectivity index (χ3n) is 3.14. The first-order chi connectivity index (χ1) is 7.77. The third kappa shape index (κ3) is 1.30. The van der Waals surface area contributed by atoms with Gasteiger partial charge in [-0.15, -0.1) is 0 Å². The van der Waals surface area contributed by atoms with E-state index in [9.17, 15) is 0 Å². The second-order valence-corrected chi connectivity index (χ2v) is 4.19. The predicted molar refractivity (Wildman–Crippen MR) is 59.7 cm³/mol. The van der Waals surface area contributed by atoms with Gasteiger partial charge in [-0.05, 0) is 19.3 Å². The molecule has 86 valence electrons. The molecule has 1 atom stereocenters. The zero-order valence-electron chi connectivity index (χ0n) is 8.99. The Labute approximate surface area is 93.3 Å². The Hall–Kier alpha value is -1.56. The number of nitrogens with one attached hydrogen (secondary N) is 2. The van der Waals surface area contributed by atoms with Gasteiger partial charge in [-0.2, -0.15) is 9.78 Å². The average molecular weight is 221 g/mol. The number of fused-ring (bicyclic) bond motifs is 1. The molecular weight excluding hydrogens is 206 g/mol. The van der Waals surface area contributed by atoms with E-state index >= 15 is 0 Å². The number of hydrogen-bond donors (Lipinski definition) is 3. The van der Waals surface area contributed by atoms with E-state index in [0.29, 0.717) is 0 Å². The van der Waals surface area contributed by atoms with Crippen molar-refractivity contribution in [1.82, 2.24) is 9.78 Å². The molecule has 16 heavy (non-hydrogen) atoms. The van der Waals surface area contributed by atoms with E-state index < -0.39 is 0 Å². The first-order valence-electron chi connectivity index (χ1n) is 5.59. The Bertz CT molecular complexity index is 433. The standard InChI is InChI=1S/C10H15N5O/c11-10(12)15-9-6(3-4-13-9)8(14-15)7-2-1-5-16-7/h7,13H,1-5H2,(H3,11,12). The molecule has 4 N–H and O–H groups in total. The molecule has 3 rings (SSSR count). The minimum Gasteiger partial charge on any atom is -0.372 e. The SMILES string of the molecule is N=C(N)n1nc(C2CCCO2)c2c1NCC2. The largest absolute Gasteiger partial charge is 0.372 e. The molecule has 3 heterocycles. The first-order valence-corrected chi connectivity index (χ1v) is 5.59. The van der Waals surface area contributed by atoms with Gasteiger partial charge in [0.2, 0.25) is 5.96 Å². The second kappa shape index (κ2) is 3.48. The highest BCUT2D eigenvalue weighted by Gasteiger charge is 2.30. The summed E-state index contributed by atoms with van der Waals surface area (Å²) in [4.78, 5) is 0. The summed E-state index contributed by atoms with van der Waals surface area (Å²) in [5.41, 5.74) is 7.64. The fraction of sp³-hybridized carbons (Fsp3) is 0.600. The molecule has 1 aromatic rings. The summed E-state index contributed by atoms with van der Waals surface area (Å²) in [5.74, 6) is 0.827. The lowest BCUT2D eigenvalue weighted by Crippen LogP contribution is -2.23. The van der Waals surface area contributed by atoms with Crippen LogP contribution in [0.1, 0.15) is 30.2 Å². The van der Waals surface area contributed by atoms with E-state index in [-0.39, 0.29) is 12.1 Å². The second-order valence-electron chi connectivity index (χ2n) is 4.19. The van der Waals surface area contributed by atoms with Crippen molar-refractivity contribution in [2.75, 3.05) is 18.5 Å². The Balaban J connectivity index is 2.05. The highest BCUT2D eigenvalue weighted by molar-refractivity contribution is 5.81. The monoisotopic (exact) mass is 221 g/mol. The quantitative estimate of drug-likeness (QED) is 0.474. The van der Waals surface area contributed by atoms with Crippen LogP contribution < -0.4 is 11.1 Å². The lowest BCUT2D eigenvalue weighted by atomic mass is 10.1. The summed E-state index contributed by atoms with van der Waals surface area (Å²) in [7, 11) is 0. The molecule has 2 aliphatic heterocycles. The van der Waals surface area contributed by atoms with Gasteiger partial charge in [-0.25, -0.2) is 0 Å². The molecule has 6 heteroatoms. The lowest BCUT2D eigenvalue weighted by molar-refractivity contribution is 0.108. The molecule has 0 saturated carbocycles. The highest BCUT2D eigenvalue weighted by Crippen LogP contribution is 2.35. The number of nitrogen functional groups attached to an aromatic ring is 1. The van der Waals surface area contributed by atoms with Gasteiger partial charge in [-0.1, -0.05) is 0 Å². The summed E-state index contributed by atoms with van der Waals surface area (Å²) in [6.45, 7) is 1.69. The average Bonchev–Trinajstić information content (AvgIpc) is 2.93. The number of nitrogens with zero attached hydrogens (tertiary/aromatic N) is 2. The van der Waals surface area contributed by atoms with Gasteiger partial charge in [0.1, 0.15) is 11.9 Å². The number of aromatic nitrogens is 2. The van der Waals surface area contributed by atoms with Crippen molar-refractivity contribution >= 4 is 11.8 Å². The molecule has 1 aromatic heterocycles. The summed E-state index contributed by atoms with van der Waals surface area (Å²) >= 11 is 0. The van der Waals surface area contributed by atoms with Gasteiger partial charge >= 0.3 is 0 Å². The van der Waals surface area contributed by atoms with Crippen LogP contribution in [0.15, 0.2) is 0 Å². The first kappa shape index (κ1) is 9.65. The van der Waals surface area contributed by atoms with E-state index in [4.69, 9.17) is 15.9 Å². The maximum Gasteiger partial charge on any atom is 0.215 e. The van der Waals surface area contributed by atoms with Crippen LogP contribution in [-0.2, 0) is 11.2 Å². The van der Waals surface area contributed by atoms with Crippen LogP contribution in [0.2, 0.25) is 0 Å². The van der Waals surface area contributed by atoms with Crippen LogP contribution in [0.5, 0.6) is 0 Å². The smallest absolute Gasteiger partial charge is 0.215 e. The Morgan fingerprint density at radius 1 is 1.62 bits per heavy atom. The molecule has 1 fully saturated rings. The summed E-state index contributed by atoms with van der Waals surface area (Å²) < 4.78 is 7.11. The van der Waals surface area contributed by atoms with Gasteiger partial charge in [0, 0.05) is 18.7 Å². The maximum atomic E-state index is 7.49. The van der Waals surface area contributed by atoms with E-state index in [1.807, 2.05) is 0 Å². The van der Waals surface area contributed by atoms with Crippen LogP contribution in [0.4, 0.5) is 5.82 Å². The summed E-state index contributed by atoms with van der Waals surface area (Å²) in [6, 6.07) is 0. The zero-order valence-corrected chi connectivity index (χ0v) is 8.99. The van der Waals surface area contributed by atoms with Crippen LogP contribution in [0.3, 0.4) is 0 Å². The van der Waals surface area contributed by atoms with Crippen molar-refractivity contribution < 1.29 is 4.74 Å². The normalized spacial score (nSPS) is 23.1. The zero-order chi connectivity index (χ0) is 11.1. The van der Waals surface area contributed by atoms with Gasteiger partial charge in [-0.3, -0.25) is 5.41 Å². The van der Waals surface area contributed by atoms with Gasteiger partial charge in [0.05, 0.1) is 5.69 Å².